The van der Waals surface area contributed by atoms with Crippen molar-refractivity contribution in [3.63, 3.8) is 0 Å². The van der Waals surface area contributed by atoms with Crippen LogP contribution in [0.25, 0.3) is 0 Å². The zero-order valence-corrected chi connectivity index (χ0v) is 14.1. The normalized spacial score (nSPS) is 10.2. The zero-order chi connectivity index (χ0) is 15.6. The molecule has 2 aromatic rings. The SMILES string of the molecule is Cc1ccc(C(N)=S)cc1NC(=O)c1cccc(C)c1Br. The van der Waals surface area contributed by atoms with E-state index in [4.69, 9.17) is 18.0 Å². The first-order valence-electron chi connectivity index (χ1n) is 6.37. The van der Waals surface area contributed by atoms with Crippen LogP contribution in [0.2, 0.25) is 0 Å². The number of benzene rings is 2. The summed E-state index contributed by atoms with van der Waals surface area (Å²) in [4.78, 5) is 12.7. The molecular weight excluding hydrogens is 348 g/mol. The molecule has 0 bridgehead atoms. The number of amides is 1. The van der Waals surface area contributed by atoms with Crippen molar-refractivity contribution in [3.05, 3.63) is 63.1 Å². The molecule has 3 N–H and O–H groups in total. The van der Waals surface area contributed by atoms with E-state index in [1.54, 1.807) is 12.1 Å². The molecule has 0 aliphatic heterocycles. The van der Waals surface area contributed by atoms with Crippen LogP contribution in [0.5, 0.6) is 0 Å². The van der Waals surface area contributed by atoms with Crippen LogP contribution in [0.1, 0.15) is 27.0 Å². The van der Waals surface area contributed by atoms with Gasteiger partial charge in [0.1, 0.15) is 4.99 Å². The van der Waals surface area contributed by atoms with E-state index >= 15 is 0 Å². The number of carbonyl (C=O) groups excluding carboxylic acids is 1. The van der Waals surface area contributed by atoms with Crippen molar-refractivity contribution in [2.45, 2.75) is 13.8 Å². The third-order valence-corrected chi connectivity index (χ3v) is 4.50. The van der Waals surface area contributed by atoms with Crippen molar-refractivity contribution in [2.75, 3.05) is 5.32 Å². The lowest BCUT2D eigenvalue weighted by molar-refractivity contribution is 0.102. The number of rotatable bonds is 3. The van der Waals surface area contributed by atoms with E-state index in [0.29, 0.717) is 16.2 Å². The summed E-state index contributed by atoms with van der Waals surface area (Å²) in [5.74, 6) is -0.172. The van der Waals surface area contributed by atoms with Crippen LogP contribution in [0, 0.1) is 13.8 Å². The van der Waals surface area contributed by atoms with Gasteiger partial charge in [-0.15, -0.1) is 0 Å². The Bertz CT molecular complexity index is 728. The Morgan fingerprint density at radius 3 is 2.57 bits per heavy atom. The van der Waals surface area contributed by atoms with Gasteiger partial charge in [-0.05, 0) is 53.0 Å². The van der Waals surface area contributed by atoms with Crippen molar-refractivity contribution < 1.29 is 4.79 Å². The largest absolute Gasteiger partial charge is 0.389 e. The van der Waals surface area contributed by atoms with Crippen LogP contribution < -0.4 is 11.1 Å². The number of carbonyl (C=O) groups is 1. The second kappa shape index (κ2) is 6.37. The topological polar surface area (TPSA) is 55.1 Å². The number of nitrogens with two attached hydrogens (primary N) is 1. The molecule has 2 rings (SSSR count). The molecule has 0 aliphatic rings. The van der Waals surface area contributed by atoms with E-state index in [2.05, 4.69) is 21.2 Å². The van der Waals surface area contributed by atoms with Crippen molar-refractivity contribution in [2.24, 2.45) is 5.73 Å². The third-order valence-electron chi connectivity index (χ3n) is 3.21. The molecule has 21 heavy (non-hydrogen) atoms. The maximum absolute atomic E-state index is 12.4. The molecule has 0 saturated heterocycles. The first-order chi connectivity index (χ1) is 9.90. The summed E-state index contributed by atoms with van der Waals surface area (Å²) >= 11 is 8.42. The highest BCUT2D eigenvalue weighted by atomic mass is 79.9. The van der Waals surface area contributed by atoms with Crippen LogP contribution in [-0.4, -0.2) is 10.9 Å². The van der Waals surface area contributed by atoms with E-state index in [0.717, 1.165) is 21.2 Å². The molecule has 0 atom stereocenters. The molecule has 0 saturated carbocycles. The lowest BCUT2D eigenvalue weighted by atomic mass is 10.1. The van der Waals surface area contributed by atoms with Gasteiger partial charge in [-0.1, -0.05) is 36.5 Å². The number of nitrogens with one attached hydrogen (secondary N) is 1. The van der Waals surface area contributed by atoms with Gasteiger partial charge >= 0.3 is 0 Å². The summed E-state index contributed by atoms with van der Waals surface area (Å²) in [6.07, 6.45) is 0. The predicted molar refractivity (Wildman–Crippen MR) is 93.9 cm³/mol. The molecule has 5 heteroatoms. The van der Waals surface area contributed by atoms with Gasteiger partial charge in [-0.25, -0.2) is 0 Å². The zero-order valence-electron chi connectivity index (χ0n) is 11.7. The minimum absolute atomic E-state index is 0.172. The highest BCUT2D eigenvalue weighted by molar-refractivity contribution is 9.10. The Balaban J connectivity index is 2.33. The minimum Gasteiger partial charge on any atom is -0.389 e. The number of halogens is 1. The fraction of sp³-hybridized carbons (Fsp3) is 0.125. The minimum atomic E-state index is -0.172. The second-order valence-electron chi connectivity index (χ2n) is 4.78. The van der Waals surface area contributed by atoms with E-state index in [9.17, 15) is 4.79 Å². The van der Waals surface area contributed by atoms with E-state index < -0.39 is 0 Å². The molecule has 0 heterocycles. The first kappa shape index (κ1) is 15.7. The molecular formula is C16H15BrN2OS. The van der Waals surface area contributed by atoms with E-state index in [-0.39, 0.29) is 5.91 Å². The van der Waals surface area contributed by atoms with Gasteiger partial charge in [0.15, 0.2) is 0 Å². The van der Waals surface area contributed by atoms with Crippen LogP contribution in [-0.2, 0) is 0 Å². The molecule has 0 radical (unpaired) electrons. The van der Waals surface area contributed by atoms with Crippen LogP contribution in [0.4, 0.5) is 5.69 Å². The van der Waals surface area contributed by atoms with Crippen molar-refractivity contribution in [1.82, 2.24) is 0 Å². The molecule has 3 nitrogen and oxygen atoms in total. The summed E-state index contributed by atoms with van der Waals surface area (Å²) in [6.45, 7) is 3.86. The highest BCUT2D eigenvalue weighted by Crippen LogP contribution is 2.23. The van der Waals surface area contributed by atoms with E-state index in [1.165, 1.54) is 0 Å². The molecule has 0 aromatic heterocycles. The van der Waals surface area contributed by atoms with Gasteiger partial charge in [0.2, 0.25) is 0 Å². The van der Waals surface area contributed by atoms with Crippen LogP contribution in [0.15, 0.2) is 40.9 Å². The standard InChI is InChI=1S/C16H15BrN2OS/c1-9-6-7-11(15(18)21)8-13(9)19-16(20)12-5-3-4-10(2)14(12)17/h3-8H,1-2H3,(H2,18,21)(H,19,20). The molecule has 0 aliphatic carbocycles. The molecule has 0 spiro atoms. The number of anilines is 1. The smallest absolute Gasteiger partial charge is 0.256 e. The summed E-state index contributed by atoms with van der Waals surface area (Å²) in [5, 5.41) is 2.91. The summed E-state index contributed by atoms with van der Waals surface area (Å²) in [7, 11) is 0. The monoisotopic (exact) mass is 362 g/mol. The highest BCUT2D eigenvalue weighted by Gasteiger charge is 2.13. The van der Waals surface area contributed by atoms with Crippen molar-refractivity contribution in [3.8, 4) is 0 Å². The van der Waals surface area contributed by atoms with Crippen molar-refractivity contribution >= 4 is 44.7 Å². The number of hydrogen-bond acceptors (Lipinski definition) is 2. The Morgan fingerprint density at radius 2 is 1.90 bits per heavy atom. The Labute approximate surface area is 137 Å². The molecule has 0 fully saturated rings. The summed E-state index contributed by atoms with van der Waals surface area (Å²) < 4.78 is 0.797. The van der Waals surface area contributed by atoms with Gasteiger partial charge in [-0.3, -0.25) is 4.79 Å². The van der Waals surface area contributed by atoms with Gasteiger partial charge < -0.3 is 11.1 Å². The van der Waals surface area contributed by atoms with Gasteiger partial charge in [0, 0.05) is 15.7 Å². The third kappa shape index (κ3) is 3.49. The van der Waals surface area contributed by atoms with E-state index in [1.807, 2.05) is 38.1 Å². The fourth-order valence-corrected chi connectivity index (χ4v) is 2.49. The first-order valence-corrected chi connectivity index (χ1v) is 7.57. The lowest BCUT2D eigenvalue weighted by Crippen LogP contribution is -2.15. The molecule has 2 aromatic carbocycles. The maximum Gasteiger partial charge on any atom is 0.256 e. The Hall–Kier alpha value is -1.72. The average molecular weight is 363 g/mol. The predicted octanol–water partition coefficient (Wildman–Crippen LogP) is 3.95. The summed E-state index contributed by atoms with van der Waals surface area (Å²) in [5.41, 5.74) is 9.62. The molecule has 0 unspecified atom stereocenters. The quantitative estimate of drug-likeness (QED) is 0.812. The number of thiocarbonyl (C=S) groups is 1. The number of hydrogen-bond donors (Lipinski definition) is 2. The maximum atomic E-state index is 12.4. The Kier molecular flexibility index (Phi) is 4.75. The molecule has 1 amide bonds. The van der Waals surface area contributed by atoms with Crippen LogP contribution in [0.3, 0.4) is 0 Å². The van der Waals surface area contributed by atoms with Crippen molar-refractivity contribution in [1.29, 1.82) is 0 Å². The number of aryl methyl sites for hydroxylation is 2. The van der Waals surface area contributed by atoms with Gasteiger partial charge in [0.05, 0.1) is 5.56 Å². The summed E-state index contributed by atoms with van der Waals surface area (Å²) in [6, 6.07) is 11.1. The van der Waals surface area contributed by atoms with Crippen LogP contribution >= 0.6 is 28.1 Å². The fourth-order valence-electron chi connectivity index (χ4n) is 1.92. The average Bonchev–Trinajstić information content (AvgIpc) is 2.43. The molecule has 108 valence electrons. The van der Waals surface area contributed by atoms with Gasteiger partial charge in [0.25, 0.3) is 5.91 Å². The Morgan fingerprint density at radius 1 is 1.19 bits per heavy atom. The lowest BCUT2D eigenvalue weighted by Gasteiger charge is -2.12. The second-order valence-corrected chi connectivity index (χ2v) is 6.02. The van der Waals surface area contributed by atoms with Gasteiger partial charge in [-0.2, -0.15) is 0 Å².